The minimum absolute atomic E-state index is 0.832. The minimum Gasteiger partial charge on any atom is -0.103 e. The van der Waals surface area contributed by atoms with Gasteiger partial charge in [0.1, 0.15) is 0 Å². The van der Waals surface area contributed by atoms with Gasteiger partial charge in [-0.2, -0.15) is 0 Å². The van der Waals surface area contributed by atoms with Crippen molar-refractivity contribution in [3.8, 4) is 0 Å². The van der Waals surface area contributed by atoms with E-state index in [1.807, 2.05) is 0 Å². The summed E-state index contributed by atoms with van der Waals surface area (Å²) in [4.78, 5) is 0. The summed E-state index contributed by atoms with van der Waals surface area (Å²) < 4.78 is 0. The van der Waals surface area contributed by atoms with Gasteiger partial charge in [-0.25, -0.2) is 0 Å². The average molecular weight is 234 g/mol. The molecule has 98 valence electrons. The molecule has 2 rings (SSSR count). The molecule has 2 aliphatic carbocycles. The maximum Gasteiger partial charge on any atom is -0.0236 e. The molecule has 0 amide bonds. The third kappa shape index (κ3) is 3.36. The normalized spacial score (nSPS) is 39.2. The summed E-state index contributed by atoms with van der Waals surface area (Å²) in [7, 11) is 0. The van der Waals surface area contributed by atoms with Crippen molar-refractivity contribution in [1.29, 1.82) is 0 Å². The second-order valence-electron chi connectivity index (χ2n) is 6.83. The highest BCUT2D eigenvalue weighted by Crippen LogP contribution is 2.42. The topological polar surface area (TPSA) is 0 Å². The highest BCUT2D eigenvalue weighted by atomic mass is 14.4. The Labute approximate surface area is 108 Å². The van der Waals surface area contributed by atoms with Gasteiger partial charge in [0.2, 0.25) is 0 Å². The molecule has 0 nitrogen and oxygen atoms in total. The molecule has 2 aliphatic rings. The van der Waals surface area contributed by atoms with E-state index in [0.29, 0.717) is 0 Å². The maximum atomic E-state index is 3.95. The number of rotatable bonds is 3. The predicted molar refractivity (Wildman–Crippen MR) is 75.9 cm³/mol. The molecular formula is C17H30. The van der Waals surface area contributed by atoms with E-state index in [4.69, 9.17) is 0 Å². The van der Waals surface area contributed by atoms with Crippen LogP contribution in [0.3, 0.4) is 0 Å². The van der Waals surface area contributed by atoms with E-state index in [0.717, 1.165) is 29.6 Å². The molecule has 0 atom stereocenters. The zero-order valence-electron chi connectivity index (χ0n) is 11.8. The Hall–Kier alpha value is -0.260. The van der Waals surface area contributed by atoms with Crippen molar-refractivity contribution in [2.45, 2.75) is 65.2 Å². The third-order valence-corrected chi connectivity index (χ3v) is 5.58. The van der Waals surface area contributed by atoms with Crippen molar-refractivity contribution < 1.29 is 0 Å². The molecular weight excluding hydrogens is 204 g/mol. The van der Waals surface area contributed by atoms with Gasteiger partial charge in [-0.1, -0.05) is 19.9 Å². The van der Waals surface area contributed by atoms with Gasteiger partial charge in [0.25, 0.3) is 0 Å². The largest absolute Gasteiger partial charge is 0.103 e. The van der Waals surface area contributed by atoms with Crippen LogP contribution in [0.25, 0.3) is 0 Å². The Morgan fingerprint density at radius 3 is 1.71 bits per heavy atom. The van der Waals surface area contributed by atoms with Crippen LogP contribution in [-0.4, -0.2) is 0 Å². The van der Waals surface area contributed by atoms with Gasteiger partial charge in [0, 0.05) is 0 Å². The van der Waals surface area contributed by atoms with E-state index in [1.165, 1.54) is 51.4 Å². The summed E-state index contributed by atoms with van der Waals surface area (Å²) in [5.74, 6) is 4.89. The zero-order valence-corrected chi connectivity index (χ0v) is 11.8. The van der Waals surface area contributed by atoms with Crippen LogP contribution < -0.4 is 0 Å². The summed E-state index contributed by atoms with van der Waals surface area (Å²) in [5, 5.41) is 0. The van der Waals surface area contributed by atoms with E-state index >= 15 is 0 Å². The molecule has 0 heterocycles. The molecule has 0 spiro atoms. The molecule has 0 aliphatic heterocycles. The van der Waals surface area contributed by atoms with Gasteiger partial charge < -0.3 is 0 Å². The van der Waals surface area contributed by atoms with Gasteiger partial charge in [-0.3, -0.25) is 0 Å². The first-order valence-corrected chi connectivity index (χ1v) is 7.83. The highest BCUT2D eigenvalue weighted by Gasteiger charge is 2.30. The number of hydrogen-bond donors (Lipinski definition) is 0. The van der Waals surface area contributed by atoms with Crippen LogP contribution >= 0.6 is 0 Å². The molecule has 0 aromatic heterocycles. The molecule has 0 radical (unpaired) electrons. The van der Waals surface area contributed by atoms with Crippen LogP contribution in [-0.2, 0) is 0 Å². The van der Waals surface area contributed by atoms with E-state index < -0.39 is 0 Å². The first kappa shape index (κ1) is 13.2. The summed E-state index contributed by atoms with van der Waals surface area (Å²) in [6.45, 7) is 8.76. The molecule has 0 bridgehead atoms. The van der Waals surface area contributed by atoms with E-state index in [-0.39, 0.29) is 0 Å². The highest BCUT2D eigenvalue weighted by molar-refractivity contribution is 4.87. The Morgan fingerprint density at radius 1 is 0.824 bits per heavy atom. The smallest absolute Gasteiger partial charge is 0.0236 e. The number of allylic oxidation sites excluding steroid dienone is 1. The lowest BCUT2D eigenvalue weighted by Crippen LogP contribution is -2.26. The van der Waals surface area contributed by atoms with E-state index in [2.05, 4.69) is 26.5 Å². The number of hydrogen-bond acceptors (Lipinski definition) is 0. The Balaban J connectivity index is 1.76. The Kier molecular flexibility index (Phi) is 4.70. The molecule has 0 aromatic carbocycles. The predicted octanol–water partition coefficient (Wildman–Crippen LogP) is 5.44. The maximum absolute atomic E-state index is 3.95. The lowest BCUT2D eigenvalue weighted by Gasteiger charge is -2.38. The standard InChI is InChI=1S/C17H30/c1-4-14-5-7-16(8-6-14)17-11-9-15(10-12-17)13(2)3/h4,13-17H,1,5-12H2,2-3H3. The summed E-state index contributed by atoms with van der Waals surface area (Å²) in [5.41, 5.74) is 0. The third-order valence-electron chi connectivity index (χ3n) is 5.58. The van der Waals surface area contributed by atoms with Crippen molar-refractivity contribution in [3.63, 3.8) is 0 Å². The molecule has 2 fully saturated rings. The second kappa shape index (κ2) is 6.07. The van der Waals surface area contributed by atoms with Crippen LogP contribution in [0, 0.1) is 29.6 Å². The van der Waals surface area contributed by atoms with Crippen molar-refractivity contribution in [1.82, 2.24) is 0 Å². The van der Waals surface area contributed by atoms with Crippen molar-refractivity contribution in [3.05, 3.63) is 12.7 Å². The van der Waals surface area contributed by atoms with Crippen molar-refractivity contribution >= 4 is 0 Å². The van der Waals surface area contributed by atoms with Crippen LogP contribution in [0.15, 0.2) is 12.7 Å². The van der Waals surface area contributed by atoms with Gasteiger partial charge in [-0.15, -0.1) is 6.58 Å². The monoisotopic (exact) mass is 234 g/mol. The summed E-state index contributed by atoms with van der Waals surface area (Å²) in [6, 6.07) is 0. The molecule has 0 aromatic rings. The van der Waals surface area contributed by atoms with Gasteiger partial charge in [0.05, 0.1) is 0 Å². The SMILES string of the molecule is C=CC1CCC(C2CCC(C(C)C)CC2)CC1. The van der Waals surface area contributed by atoms with E-state index in [9.17, 15) is 0 Å². The Bertz CT molecular complexity index is 224. The molecule has 17 heavy (non-hydrogen) atoms. The van der Waals surface area contributed by atoms with Crippen LogP contribution in [0.2, 0.25) is 0 Å². The molecule has 0 heteroatoms. The fourth-order valence-corrected chi connectivity index (χ4v) is 4.14. The summed E-state index contributed by atoms with van der Waals surface area (Å²) >= 11 is 0. The van der Waals surface area contributed by atoms with Crippen molar-refractivity contribution in [2.75, 3.05) is 0 Å². The second-order valence-corrected chi connectivity index (χ2v) is 6.83. The first-order valence-electron chi connectivity index (χ1n) is 7.83. The van der Waals surface area contributed by atoms with Gasteiger partial charge in [-0.05, 0) is 81.0 Å². The quantitative estimate of drug-likeness (QED) is 0.570. The molecule has 0 N–H and O–H groups in total. The molecule has 2 saturated carbocycles. The van der Waals surface area contributed by atoms with Gasteiger partial charge in [0.15, 0.2) is 0 Å². The zero-order chi connectivity index (χ0) is 12.3. The lowest BCUT2D eigenvalue weighted by molar-refractivity contribution is 0.139. The molecule has 0 unspecified atom stereocenters. The summed E-state index contributed by atoms with van der Waals surface area (Å²) in [6.07, 6.45) is 14.0. The van der Waals surface area contributed by atoms with Crippen LogP contribution in [0.5, 0.6) is 0 Å². The van der Waals surface area contributed by atoms with Crippen LogP contribution in [0.1, 0.15) is 65.2 Å². The van der Waals surface area contributed by atoms with E-state index in [1.54, 1.807) is 0 Å². The fourth-order valence-electron chi connectivity index (χ4n) is 4.14. The Morgan fingerprint density at radius 2 is 1.29 bits per heavy atom. The lowest BCUT2D eigenvalue weighted by atomic mass is 9.68. The minimum atomic E-state index is 0.832. The van der Waals surface area contributed by atoms with Crippen LogP contribution in [0.4, 0.5) is 0 Å². The van der Waals surface area contributed by atoms with Gasteiger partial charge >= 0.3 is 0 Å². The fraction of sp³-hybridized carbons (Fsp3) is 0.882. The first-order chi connectivity index (χ1) is 8.20. The van der Waals surface area contributed by atoms with Crippen molar-refractivity contribution in [2.24, 2.45) is 29.6 Å². The average Bonchev–Trinajstić information content (AvgIpc) is 2.39. The molecule has 0 saturated heterocycles.